The molecule has 4 aromatic rings. The zero-order valence-electron chi connectivity index (χ0n) is 22.7. The molecule has 9 heteroatoms. The highest BCUT2D eigenvalue weighted by atomic mass is 19.1. The number of anilines is 1. The average Bonchev–Trinajstić information content (AvgIpc) is 3.74. The lowest BCUT2D eigenvalue weighted by atomic mass is 9.99. The molecule has 39 heavy (non-hydrogen) atoms. The molecule has 8 nitrogen and oxygen atoms in total. The van der Waals surface area contributed by atoms with Crippen LogP contribution in [0.1, 0.15) is 62.3 Å². The Balaban J connectivity index is 1.76. The number of aryl methyl sites for hydroxylation is 1. The van der Waals surface area contributed by atoms with Crippen LogP contribution in [0.3, 0.4) is 0 Å². The second-order valence-corrected chi connectivity index (χ2v) is 11.0. The SMILES string of the molecule is Cc1ccnc(C(C)C)c1-n1c(=O)nc(N2CCNC[C@@H]2C)c2cc(C3CC3)c(-c3c(O)cccc3F)nc21. The third kappa shape index (κ3) is 4.34. The molecular weight excluding hydrogens is 495 g/mol. The Hall–Kier alpha value is -3.85. The molecule has 1 saturated carbocycles. The third-order valence-corrected chi connectivity index (χ3v) is 7.82. The van der Waals surface area contributed by atoms with Crippen LogP contribution in [0.25, 0.3) is 28.0 Å². The topological polar surface area (TPSA) is 96.2 Å². The number of aromatic nitrogens is 4. The maximum atomic E-state index is 15.3. The van der Waals surface area contributed by atoms with Crippen molar-refractivity contribution in [2.24, 2.45) is 0 Å². The number of piperazine rings is 1. The normalized spacial score (nSPS) is 17.8. The molecule has 0 unspecified atom stereocenters. The summed E-state index contributed by atoms with van der Waals surface area (Å²) in [5, 5.41) is 14.9. The first-order valence-electron chi connectivity index (χ1n) is 13.6. The van der Waals surface area contributed by atoms with E-state index in [2.05, 4.69) is 27.1 Å². The minimum atomic E-state index is -0.553. The van der Waals surface area contributed by atoms with Gasteiger partial charge in [-0.2, -0.15) is 4.98 Å². The van der Waals surface area contributed by atoms with Crippen molar-refractivity contribution in [3.8, 4) is 22.7 Å². The molecule has 2 fully saturated rings. The predicted octanol–water partition coefficient (Wildman–Crippen LogP) is 4.79. The Kier molecular flexibility index (Phi) is 6.33. The van der Waals surface area contributed by atoms with Crippen molar-refractivity contribution in [1.29, 1.82) is 0 Å². The average molecular weight is 529 g/mol. The number of hydrogen-bond donors (Lipinski definition) is 2. The number of pyridine rings is 2. The van der Waals surface area contributed by atoms with Crippen molar-refractivity contribution in [1.82, 2.24) is 24.8 Å². The molecule has 2 N–H and O–H groups in total. The van der Waals surface area contributed by atoms with Crippen LogP contribution in [-0.4, -0.2) is 50.3 Å². The van der Waals surface area contributed by atoms with Gasteiger partial charge in [-0.05, 0) is 73.9 Å². The van der Waals surface area contributed by atoms with Crippen LogP contribution < -0.4 is 15.9 Å². The minimum Gasteiger partial charge on any atom is -0.507 e. The van der Waals surface area contributed by atoms with E-state index in [4.69, 9.17) is 4.98 Å². The monoisotopic (exact) mass is 528 g/mol. The number of hydrogen-bond acceptors (Lipinski definition) is 7. The number of halogens is 1. The molecule has 0 bridgehead atoms. The fraction of sp³-hybridized carbons (Fsp3) is 0.400. The standard InChI is InChI=1S/C30H33FN6O2/c1-16(2)25-27(17(3)10-11-33-25)37-29-21(28(35-30(37)39)36-13-12-32-15-18(36)4)14-20(19-8-9-19)26(34-29)24-22(31)6-5-7-23(24)38/h5-7,10-11,14,16,18-19,32,38H,8-9,12-13,15H2,1-4H3/t18-/m0/s1. The van der Waals surface area contributed by atoms with Crippen molar-refractivity contribution in [2.45, 2.75) is 58.4 Å². The number of aromatic hydroxyl groups is 1. The largest absolute Gasteiger partial charge is 0.507 e. The van der Waals surface area contributed by atoms with E-state index in [0.29, 0.717) is 29.4 Å². The summed E-state index contributed by atoms with van der Waals surface area (Å²) >= 11 is 0. The molecule has 202 valence electrons. The minimum absolute atomic E-state index is 0.0375. The molecule has 1 atom stereocenters. The van der Waals surface area contributed by atoms with E-state index >= 15 is 4.39 Å². The van der Waals surface area contributed by atoms with Crippen LogP contribution in [-0.2, 0) is 0 Å². The van der Waals surface area contributed by atoms with E-state index in [1.807, 2.05) is 32.9 Å². The van der Waals surface area contributed by atoms with Crippen molar-refractivity contribution in [2.75, 3.05) is 24.5 Å². The maximum absolute atomic E-state index is 15.3. The number of rotatable bonds is 5. The number of phenolic OH excluding ortho intramolecular Hbond substituents is 1. The smallest absolute Gasteiger partial charge is 0.355 e. The third-order valence-electron chi connectivity index (χ3n) is 7.82. The molecule has 1 aliphatic carbocycles. The van der Waals surface area contributed by atoms with Gasteiger partial charge in [0.05, 0.1) is 28.0 Å². The molecule has 3 aromatic heterocycles. The van der Waals surface area contributed by atoms with Crippen LogP contribution in [0.4, 0.5) is 10.2 Å². The van der Waals surface area contributed by atoms with Gasteiger partial charge in [0.1, 0.15) is 17.4 Å². The van der Waals surface area contributed by atoms with E-state index < -0.39 is 11.5 Å². The van der Waals surface area contributed by atoms with Crippen LogP contribution in [0.5, 0.6) is 5.75 Å². The lowest BCUT2D eigenvalue weighted by Gasteiger charge is -2.35. The van der Waals surface area contributed by atoms with Gasteiger partial charge in [0.25, 0.3) is 0 Å². The number of nitrogens with zero attached hydrogens (tertiary/aromatic N) is 5. The highest BCUT2D eigenvalue weighted by Gasteiger charge is 2.33. The fourth-order valence-electron chi connectivity index (χ4n) is 5.66. The van der Waals surface area contributed by atoms with E-state index in [1.165, 1.54) is 22.8 Å². The number of benzene rings is 1. The lowest BCUT2D eigenvalue weighted by Crippen LogP contribution is -2.50. The van der Waals surface area contributed by atoms with E-state index in [0.717, 1.165) is 48.1 Å². The second-order valence-electron chi connectivity index (χ2n) is 11.0. The van der Waals surface area contributed by atoms with Gasteiger partial charge in [0, 0.05) is 31.9 Å². The molecule has 6 rings (SSSR count). The van der Waals surface area contributed by atoms with Gasteiger partial charge in [0.15, 0.2) is 5.65 Å². The maximum Gasteiger partial charge on any atom is 0.355 e. The van der Waals surface area contributed by atoms with Gasteiger partial charge < -0.3 is 15.3 Å². The van der Waals surface area contributed by atoms with Gasteiger partial charge in [-0.15, -0.1) is 0 Å². The van der Waals surface area contributed by atoms with Gasteiger partial charge in [-0.3, -0.25) is 4.98 Å². The van der Waals surface area contributed by atoms with Crippen molar-refractivity contribution >= 4 is 16.9 Å². The second kappa shape index (κ2) is 9.72. The molecule has 1 aromatic carbocycles. The highest BCUT2D eigenvalue weighted by Crippen LogP contribution is 2.47. The Morgan fingerprint density at radius 1 is 1.18 bits per heavy atom. The van der Waals surface area contributed by atoms with E-state index in [1.54, 1.807) is 6.20 Å². The molecule has 1 saturated heterocycles. The van der Waals surface area contributed by atoms with Crippen molar-refractivity contribution in [3.05, 3.63) is 69.7 Å². The van der Waals surface area contributed by atoms with Crippen molar-refractivity contribution < 1.29 is 9.50 Å². The van der Waals surface area contributed by atoms with Gasteiger partial charge in [-0.1, -0.05) is 19.9 Å². The van der Waals surface area contributed by atoms with Crippen LogP contribution in [0, 0.1) is 12.7 Å². The molecule has 2 aliphatic rings. The van der Waals surface area contributed by atoms with Crippen molar-refractivity contribution in [3.63, 3.8) is 0 Å². The summed E-state index contributed by atoms with van der Waals surface area (Å²) in [6, 6.07) is 8.28. The first kappa shape index (κ1) is 25.4. The van der Waals surface area contributed by atoms with Crippen LogP contribution >= 0.6 is 0 Å². The number of fused-ring (bicyclic) bond motifs is 1. The number of phenols is 1. The summed E-state index contributed by atoms with van der Waals surface area (Å²) < 4.78 is 16.8. The molecule has 1 aliphatic heterocycles. The molecule has 4 heterocycles. The fourth-order valence-corrected chi connectivity index (χ4v) is 5.66. The Labute approximate surface area is 226 Å². The summed E-state index contributed by atoms with van der Waals surface area (Å²) in [7, 11) is 0. The Morgan fingerprint density at radius 2 is 1.97 bits per heavy atom. The van der Waals surface area contributed by atoms with E-state index in [9.17, 15) is 9.90 Å². The summed E-state index contributed by atoms with van der Waals surface area (Å²) in [6.07, 6.45) is 3.66. The van der Waals surface area contributed by atoms with Gasteiger partial charge >= 0.3 is 5.69 Å². The Bertz CT molecular complexity index is 1630. The van der Waals surface area contributed by atoms with Gasteiger partial charge in [-0.25, -0.2) is 18.7 Å². The predicted molar refractivity (Wildman–Crippen MR) is 150 cm³/mol. The molecule has 0 radical (unpaired) electrons. The van der Waals surface area contributed by atoms with Gasteiger partial charge in [0.2, 0.25) is 0 Å². The first-order valence-corrected chi connectivity index (χ1v) is 13.6. The summed E-state index contributed by atoms with van der Waals surface area (Å²) in [4.78, 5) is 30.4. The number of nitrogens with one attached hydrogen (secondary N) is 1. The molecule has 0 amide bonds. The summed E-state index contributed by atoms with van der Waals surface area (Å²) in [5.41, 5.74) is 3.48. The van der Waals surface area contributed by atoms with Crippen LogP contribution in [0.15, 0.2) is 41.3 Å². The molecular formula is C30H33FN6O2. The van der Waals surface area contributed by atoms with E-state index in [-0.39, 0.29) is 29.2 Å². The van der Waals surface area contributed by atoms with Crippen LogP contribution in [0.2, 0.25) is 0 Å². The lowest BCUT2D eigenvalue weighted by molar-refractivity contribution is 0.471. The zero-order chi connectivity index (χ0) is 27.4. The summed E-state index contributed by atoms with van der Waals surface area (Å²) in [5.74, 6) is 0.101. The Morgan fingerprint density at radius 3 is 2.67 bits per heavy atom. The first-order chi connectivity index (χ1) is 18.8. The quantitative estimate of drug-likeness (QED) is 0.384. The summed E-state index contributed by atoms with van der Waals surface area (Å²) in [6.45, 7) is 10.4. The highest BCUT2D eigenvalue weighted by molar-refractivity contribution is 5.92. The molecule has 0 spiro atoms. The zero-order valence-corrected chi connectivity index (χ0v) is 22.7.